The van der Waals surface area contributed by atoms with Gasteiger partial charge in [-0.2, -0.15) is 0 Å². The summed E-state index contributed by atoms with van der Waals surface area (Å²) in [5, 5.41) is 0.859. The molecular formula is C11H18O6S. The van der Waals surface area contributed by atoms with Crippen LogP contribution in [0.2, 0.25) is 0 Å². The van der Waals surface area contributed by atoms with Crippen molar-refractivity contribution < 1.29 is 27.4 Å². The van der Waals surface area contributed by atoms with Crippen LogP contribution < -0.4 is 0 Å². The molecule has 104 valence electrons. The zero-order chi connectivity index (χ0) is 13.8. The first-order chi connectivity index (χ1) is 8.40. The minimum absolute atomic E-state index is 0.0877. The van der Waals surface area contributed by atoms with Gasteiger partial charge in [-0.1, -0.05) is 19.9 Å². The van der Waals surface area contributed by atoms with Gasteiger partial charge in [0.1, 0.15) is 6.61 Å². The summed E-state index contributed by atoms with van der Waals surface area (Å²) in [7, 11) is -3.49. The van der Waals surface area contributed by atoms with E-state index in [4.69, 9.17) is 9.47 Å². The van der Waals surface area contributed by atoms with Crippen molar-refractivity contribution >= 4 is 16.0 Å². The second-order valence-corrected chi connectivity index (χ2v) is 6.18. The van der Waals surface area contributed by atoms with Gasteiger partial charge in [-0.05, 0) is 13.3 Å². The van der Waals surface area contributed by atoms with Gasteiger partial charge in [0.15, 0.2) is 21.4 Å². The summed E-state index contributed by atoms with van der Waals surface area (Å²) < 4.78 is 38.1. The van der Waals surface area contributed by atoms with Gasteiger partial charge in [-0.15, -0.1) is 0 Å². The highest BCUT2D eigenvalue weighted by molar-refractivity contribution is 7.94. The summed E-state index contributed by atoms with van der Waals surface area (Å²) in [4.78, 5) is 10.9. The molecule has 0 amide bonds. The number of carbonyl (C=O) groups is 1. The smallest absolute Gasteiger partial charge is 0.430 e. The molecule has 1 aliphatic heterocycles. The van der Waals surface area contributed by atoms with E-state index in [1.165, 1.54) is 6.92 Å². The van der Waals surface area contributed by atoms with Crippen LogP contribution in [-0.4, -0.2) is 38.8 Å². The van der Waals surface area contributed by atoms with Gasteiger partial charge in [0.25, 0.3) is 0 Å². The lowest BCUT2D eigenvalue weighted by Crippen LogP contribution is -2.36. The Labute approximate surface area is 107 Å². The van der Waals surface area contributed by atoms with Crippen LogP contribution in [0.25, 0.3) is 0 Å². The van der Waals surface area contributed by atoms with E-state index in [2.05, 4.69) is 11.3 Å². The van der Waals surface area contributed by atoms with Gasteiger partial charge in [0, 0.05) is 5.41 Å². The Balaban J connectivity index is 2.68. The quantitative estimate of drug-likeness (QED) is 0.658. The monoisotopic (exact) mass is 278 g/mol. The Morgan fingerprint density at radius 2 is 2.28 bits per heavy atom. The summed E-state index contributed by atoms with van der Waals surface area (Å²) in [6.07, 6.45) is -0.437. The van der Waals surface area contributed by atoms with Crippen LogP contribution >= 0.6 is 0 Å². The van der Waals surface area contributed by atoms with E-state index < -0.39 is 33.6 Å². The second kappa shape index (κ2) is 6.19. The molecule has 0 aliphatic carbocycles. The highest BCUT2D eigenvalue weighted by Gasteiger charge is 2.35. The normalized spacial score (nSPS) is 23.0. The first kappa shape index (κ1) is 15.0. The highest BCUT2D eigenvalue weighted by atomic mass is 32.2. The minimum Gasteiger partial charge on any atom is -0.430 e. The number of hydrogen-bond donors (Lipinski definition) is 0. The number of carbonyl (C=O) groups excluding carboxylic acids is 1. The third-order valence-corrected chi connectivity index (χ3v) is 4.16. The van der Waals surface area contributed by atoms with Gasteiger partial charge in [0.2, 0.25) is 0 Å². The van der Waals surface area contributed by atoms with Gasteiger partial charge in [-0.25, -0.2) is 13.2 Å². The van der Waals surface area contributed by atoms with Crippen LogP contribution in [0.5, 0.6) is 0 Å². The molecule has 1 saturated heterocycles. The Morgan fingerprint density at radius 1 is 1.61 bits per heavy atom. The molecule has 0 aromatic heterocycles. The molecule has 1 rings (SSSR count). The molecule has 0 bridgehead atoms. The minimum atomic E-state index is -3.49. The molecule has 1 fully saturated rings. The van der Waals surface area contributed by atoms with Crippen LogP contribution in [0.15, 0.2) is 12.0 Å². The molecule has 7 heteroatoms. The van der Waals surface area contributed by atoms with Crippen LogP contribution in [0, 0.1) is 0 Å². The molecule has 1 aliphatic rings. The van der Waals surface area contributed by atoms with E-state index in [0.717, 1.165) is 11.8 Å². The highest BCUT2D eigenvalue weighted by Crippen LogP contribution is 2.20. The number of hydrogen-bond acceptors (Lipinski definition) is 6. The molecule has 1 heterocycles. The lowest BCUT2D eigenvalue weighted by Gasteiger charge is -2.24. The predicted octanol–water partition coefficient (Wildman–Crippen LogP) is 1.61. The molecule has 0 N–H and O–H groups in total. The average molecular weight is 278 g/mol. The van der Waals surface area contributed by atoms with Crippen molar-refractivity contribution in [3.05, 3.63) is 12.0 Å². The van der Waals surface area contributed by atoms with Crippen molar-refractivity contribution in [1.29, 1.82) is 0 Å². The average Bonchev–Trinajstić information content (AvgIpc) is 2.75. The van der Waals surface area contributed by atoms with Crippen molar-refractivity contribution in [1.82, 2.24) is 0 Å². The van der Waals surface area contributed by atoms with Crippen LogP contribution in [0.1, 0.15) is 26.7 Å². The molecular weight excluding hydrogens is 260 g/mol. The number of ether oxygens (including phenoxy) is 3. The Hall–Kier alpha value is -1.08. The summed E-state index contributed by atoms with van der Waals surface area (Å²) in [5.41, 5.74) is -1.02. The third kappa shape index (κ3) is 3.71. The first-order valence-corrected chi connectivity index (χ1v) is 7.36. The largest absolute Gasteiger partial charge is 0.508 e. The molecule has 0 spiro atoms. The standard InChI is InChI=1S/C11H18O6S/c1-4-6-9(10-7-15-11(12)17-10)16-8(3)18(13,14)5-2/h5,8-10H,2,4,6-7H2,1,3H3. The maximum atomic E-state index is 11.5. The van der Waals surface area contributed by atoms with Crippen LogP contribution in [-0.2, 0) is 24.0 Å². The summed E-state index contributed by atoms with van der Waals surface area (Å²) in [6.45, 7) is 6.69. The van der Waals surface area contributed by atoms with Crippen molar-refractivity contribution in [2.45, 2.75) is 44.3 Å². The molecule has 0 aromatic carbocycles. The van der Waals surface area contributed by atoms with Gasteiger partial charge >= 0.3 is 6.16 Å². The summed E-state index contributed by atoms with van der Waals surface area (Å²) in [5.74, 6) is 0. The van der Waals surface area contributed by atoms with Crippen LogP contribution in [0.3, 0.4) is 0 Å². The Kier molecular flexibility index (Phi) is 5.15. The van der Waals surface area contributed by atoms with Gasteiger partial charge in [-0.3, -0.25) is 0 Å². The maximum absolute atomic E-state index is 11.5. The van der Waals surface area contributed by atoms with E-state index >= 15 is 0 Å². The first-order valence-electron chi connectivity index (χ1n) is 5.76. The fourth-order valence-electron chi connectivity index (χ4n) is 1.61. The number of rotatable bonds is 7. The maximum Gasteiger partial charge on any atom is 0.508 e. The van der Waals surface area contributed by atoms with Crippen molar-refractivity contribution in [3.63, 3.8) is 0 Å². The second-order valence-electron chi connectivity index (χ2n) is 4.00. The third-order valence-electron chi connectivity index (χ3n) is 2.66. The van der Waals surface area contributed by atoms with E-state index in [1.54, 1.807) is 0 Å². The zero-order valence-corrected chi connectivity index (χ0v) is 11.3. The molecule has 0 saturated carbocycles. The molecule has 3 unspecified atom stereocenters. The fraction of sp³-hybridized carbons (Fsp3) is 0.727. The van der Waals surface area contributed by atoms with Crippen molar-refractivity contribution in [3.8, 4) is 0 Å². The molecule has 6 nitrogen and oxygen atoms in total. The lowest BCUT2D eigenvalue weighted by molar-refractivity contribution is -0.0386. The molecule has 0 radical (unpaired) electrons. The van der Waals surface area contributed by atoms with Crippen molar-refractivity contribution in [2.75, 3.05) is 6.61 Å². The number of sulfone groups is 1. The summed E-state index contributed by atoms with van der Waals surface area (Å²) in [6, 6.07) is 0. The number of cyclic esters (lactones) is 2. The zero-order valence-electron chi connectivity index (χ0n) is 10.5. The fourth-order valence-corrected chi connectivity index (χ4v) is 2.18. The SMILES string of the molecule is C=CS(=O)(=O)C(C)OC(CCC)C1COC(=O)O1. The summed E-state index contributed by atoms with van der Waals surface area (Å²) >= 11 is 0. The van der Waals surface area contributed by atoms with Crippen LogP contribution in [0.4, 0.5) is 4.79 Å². The Morgan fingerprint density at radius 3 is 2.72 bits per heavy atom. The lowest BCUT2D eigenvalue weighted by atomic mass is 10.1. The van der Waals surface area contributed by atoms with E-state index in [9.17, 15) is 13.2 Å². The van der Waals surface area contributed by atoms with E-state index in [0.29, 0.717) is 6.42 Å². The van der Waals surface area contributed by atoms with E-state index in [1.807, 2.05) is 6.92 Å². The Bertz CT molecular complexity index is 402. The molecule has 3 atom stereocenters. The van der Waals surface area contributed by atoms with Gasteiger partial charge in [0.05, 0.1) is 6.10 Å². The molecule has 18 heavy (non-hydrogen) atoms. The van der Waals surface area contributed by atoms with Crippen molar-refractivity contribution in [2.24, 2.45) is 0 Å². The van der Waals surface area contributed by atoms with E-state index in [-0.39, 0.29) is 6.61 Å². The topological polar surface area (TPSA) is 78.9 Å². The molecule has 0 aromatic rings. The van der Waals surface area contributed by atoms with Gasteiger partial charge < -0.3 is 14.2 Å². The predicted molar refractivity (Wildman–Crippen MR) is 64.6 cm³/mol.